The van der Waals surface area contributed by atoms with Gasteiger partial charge in [-0.3, -0.25) is 4.98 Å². The van der Waals surface area contributed by atoms with E-state index in [0.717, 1.165) is 24.1 Å². The number of aliphatic hydroxyl groups excluding tert-OH is 1. The maximum absolute atomic E-state index is 10.5. The molecule has 0 fully saturated rings. The van der Waals surface area contributed by atoms with Crippen molar-refractivity contribution in [2.24, 2.45) is 0 Å². The molecule has 0 amide bonds. The van der Waals surface area contributed by atoms with Crippen molar-refractivity contribution in [1.29, 1.82) is 0 Å². The van der Waals surface area contributed by atoms with Crippen LogP contribution in [-0.4, -0.2) is 10.1 Å². The molecule has 1 N–H and O–H groups in total. The molecule has 1 aliphatic rings. The van der Waals surface area contributed by atoms with Gasteiger partial charge in [0.2, 0.25) is 0 Å². The summed E-state index contributed by atoms with van der Waals surface area (Å²) in [5, 5.41) is 10.5. The van der Waals surface area contributed by atoms with Crippen LogP contribution in [0.2, 0.25) is 0 Å². The van der Waals surface area contributed by atoms with Crippen LogP contribution in [0.15, 0.2) is 42.6 Å². The van der Waals surface area contributed by atoms with Gasteiger partial charge in [0.15, 0.2) is 0 Å². The lowest BCUT2D eigenvalue weighted by atomic mass is 9.91. The van der Waals surface area contributed by atoms with E-state index in [0.29, 0.717) is 0 Å². The highest BCUT2D eigenvalue weighted by Crippen LogP contribution is 2.41. The third-order valence-electron chi connectivity index (χ3n) is 3.84. The summed E-state index contributed by atoms with van der Waals surface area (Å²) in [6.45, 7) is 1.96. The SMILES string of the molecule is Cc1ccc(C(O)C2CCc3ccccc32)cn1. The molecule has 1 aromatic carbocycles. The molecule has 2 nitrogen and oxygen atoms in total. The van der Waals surface area contributed by atoms with Gasteiger partial charge in [0.25, 0.3) is 0 Å². The van der Waals surface area contributed by atoms with Gasteiger partial charge in [-0.2, -0.15) is 0 Å². The Balaban J connectivity index is 1.90. The average Bonchev–Trinajstić information content (AvgIpc) is 2.82. The fourth-order valence-electron chi connectivity index (χ4n) is 2.80. The van der Waals surface area contributed by atoms with Crippen LogP contribution < -0.4 is 0 Å². The molecule has 2 unspecified atom stereocenters. The number of aliphatic hydroxyl groups is 1. The van der Waals surface area contributed by atoms with E-state index in [1.54, 1.807) is 6.20 Å². The molecule has 2 atom stereocenters. The van der Waals surface area contributed by atoms with E-state index in [4.69, 9.17) is 0 Å². The first kappa shape index (κ1) is 11.4. The Morgan fingerprint density at radius 3 is 2.83 bits per heavy atom. The number of benzene rings is 1. The van der Waals surface area contributed by atoms with Crippen molar-refractivity contribution in [3.8, 4) is 0 Å². The summed E-state index contributed by atoms with van der Waals surface area (Å²) < 4.78 is 0. The number of fused-ring (bicyclic) bond motifs is 1. The number of hydrogen-bond donors (Lipinski definition) is 1. The fourth-order valence-corrected chi connectivity index (χ4v) is 2.80. The van der Waals surface area contributed by atoms with Crippen LogP contribution in [0.25, 0.3) is 0 Å². The second-order valence-corrected chi connectivity index (χ2v) is 5.02. The monoisotopic (exact) mass is 239 g/mol. The first-order valence-corrected chi connectivity index (χ1v) is 6.44. The molecular formula is C16H17NO. The molecule has 0 aliphatic heterocycles. The summed E-state index contributed by atoms with van der Waals surface area (Å²) in [5.74, 6) is 0.214. The van der Waals surface area contributed by atoms with Gasteiger partial charge in [-0.25, -0.2) is 0 Å². The maximum atomic E-state index is 10.5. The summed E-state index contributed by atoms with van der Waals surface area (Å²) in [6, 6.07) is 12.4. The number of hydrogen-bond acceptors (Lipinski definition) is 2. The summed E-state index contributed by atoms with van der Waals surface area (Å²) >= 11 is 0. The van der Waals surface area contributed by atoms with Crippen molar-refractivity contribution in [1.82, 2.24) is 4.98 Å². The Morgan fingerprint density at radius 2 is 2.06 bits per heavy atom. The average molecular weight is 239 g/mol. The van der Waals surface area contributed by atoms with Gasteiger partial charge in [0.1, 0.15) is 0 Å². The first-order valence-electron chi connectivity index (χ1n) is 6.44. The Bertz CT molecular complexity index is 547. The molecule has 0 bridgehead atoms. The van der Waals surface area contributed by atoms with E-state index >= 15 is 0 Å². The summed E-state index contributed by atoms with van der Waals surface area (Å²) in [5.41, 5.74) is 4.58. The third-order valence-corrected chi connectivity index (χ3v) is 3.84. The highest BCUT2D eigenvalue weighted by Gasteiger charge is 2.29. The topological polar surface area (TPSA) is 33.1 Å². The van der Waals surface area contributed by atoms with Gasteiger partial charge in [0, 0.05) is 17.8 Å². The van der Waals surface area contributed by atoms with E-state index in [9.17, 15) is 5.11 Å². The van der Waals surface area contributed by atoms with E-state index in [1.165, 1.54) is 11.1 Å². The van der Waals surface area contributed by atoms with Crippen molar-refractivity contribution < 1.29 is 5.11 Å². The van der Waals surface area contributed by atoms with Crippen LogP contribution in [0.5, 0.6) is 0 Å². The molecule has 0 saturated carbocycles. The van der Waals surface area contributed by atoms with Gasteiger partial charge < -0.3 is 5.11 Å². The van der Waals surface area contributed by atoms with Crippen LogP contribution >= 0.6 is 0 Å². The molecule has 92 valence electrons. The molecule has 3 rings (SSSR count). The second-order valence-electron chi connectivity index (χ2n) is 5.02. The van der Waals surface area contributed by atoms with Gasteiger partial charge in [0.05, 0.1) is 6.10 Å². The number of aryl methyl sites for hydroxylation is 2. The Kier molecular flexibility index (Phi) is 2.88. The lowest BCUT2D eigenvalue weighted by molar-refractivity contribution is 0.144. The van der Waals surface area contributed by atoms with Gasteiger partial charge in [-0.15, -0.1) is 0 Å². The summed E-state index contributed by atoms with van der Waals surface area (Å²) in [7, 11) is 0. The van der Waals surface area contributed by atoms with Gasteiger partial charge in [-0.1, -0.05) is 30.3 Å². The van der Waals surface area contributed by atoms with Crippen molar-refractivity contribution in [3.63, 3.8) is 0 Å². The van der Waals surface area contributed by atoms with Gasteiger partial charge in [-0.05, 0) is 42.5 Å². The molecule has 18 heavy (non-hydrogen) atoms. The van der Waals surface area contributed by atoms with Gasteiger partial charge >= 0.3 is 0 Å². The standard InChI is InChI=1S/C16H17NO/c1-11-6-7-13(10-17-11)16(18)15-9-8-12-4-2-3-5-14(12)15/h2-7,10,15-16,18H,8-9H2,1H3. The highest BCUT2D eigenvalue weighted by atomic mass is 16.3. The molecule has 0 saturated heterocycles. The number of nitrogens with zero attached hydrogens (tertiary/aromatic N) is 1. The predicted octanol–water partition coefficient (Wildman–Crippen LogP) is 3.15. The van der Waals surface area contributed by atoms with Crippen LogP contribution in [0, 0.1) is 6.92 Å². The zero-order chi connectivity index (χ0) is 12.5. The molecule has 2 heteroatoms. The second kappa shape index (κ2) is 4.54. The Morgan fingerprint density at radius 1 is 1.22 bits per heavy atom. The van der Waals surface area contributed by atoms with Crippen LogP contribution in [0.1, 0.15) is 40.8 Å². The lowest BCUT2D eigenvalue weighted by Crippen LogP contribution is -2.08. The van der Waals surface area contributed by atoms with E-state index < -0.39 is 6.10 Å². The highest BCUT2D eigenvalue weighted by molar-refractivity contribution is 5.37. The fraction of sp³-hybridized carbons (Fsp3) is 0.312. The van der Waals surface area contributed by atoms with Crippen molar-refractivity contribution in [2.45, 2.75) is 31.8 Å². The lowest BCUT2D eigenvalue weighted by Gasteiger charge is -2.19. The Hall–Kier alpha value is -1.67. The zero-order valence-corrected chi connectivity index (χ0v) is 10.5. The number of aromatic nitrogens is 1. The normalized spacial score (nSPS) is 19.6. The van der Waals surface area contributed by atoms with Crippen molar-refractivity contribution >= 4 is 0 Å². The minimum atomic E-state index is -0.443. The smallest absolute Gasteiger partial charge is 0.0873 e. The van der Waals surface area contributed by atoms with Crippen LogP contribution in [-0.2, 0) is 6.42 Å². The van der Waals surface area contributed by atoms with E-state index in [1.807, 2.05) is 19.1 Å². The zero-order valence-electron chi connectivity index (χ0n) is 10.5. The minimum absolute atomic E-state index is 0.214. The number of pyridine rings is 1. The summed E-state index contributed by atoms with van der Waals surface area (Å²) in [4.78, 5) is 4.27. The van der Waals surface area contributed by atoms with Crippen molar-refractivity contribution in [2.75, 3.05) is 0 Å². The van der Waals surface area contributed by atoms with E-state index in [-0.39, 0.29) is 5.92 Å². The van der Waals surface area contributed by atoms with Crippen molar-refractivity contribution in [3.05, 3.63) is 65.0 Å². The summed E-state index contributed by atoms with van der Waals surface area (Å²) in [6.07, 6.45) is 3.44. The van der Waals surface area contributed by atoms with Crippen LogP contribution in [0.3, 0.4) is 0 Å². The first-order chi connectivity index (χ1) is 8.75. The minimum Gasteiger partial charge on any atom is -0.388 e. The molecular weight excluding hydrogens is 222 g/mol. The quantitative estimate of drug-likeness (QED) is 0.873. The maximum Gasteiger partial charge on any atom is 0.0873 e. The molecule has 1 aromatic heterocycles. The van der Waals surface area contributed by atoms with E-state index in [2.05, 4.69) is 29.2 Å². The molecule has 1 aliphatic carbocycles. The largest absolute Gasteiger partial charge is 0.388 e. The molecule has 0 spiro atoms. The number of rotatable bonds is 2. The third kappa shape index (κ3) is 1.93. The Labute approximate surface area is 107 Å². The molecule has 2 aromatic rings. The molecule has 1 heterocycles. The van der Waals surface area contributed by atoms with Crippen LogP contribution in [0.4, 0.5) is 0 Å². The molecule has 0 radical (unpaired) electrons. The predicted molar refractivity (Wildman–Crippen MR) is 71.4 cm³/mol.